The van der Waals surface area contributed by atoms with E-state index >= 15 is 0 Å². The minimum Gasteiger partial charge on any atom is -0.378 e. The molecule has 8 heteroatoms. The van der Waals surface area contributed by atoms with Crippen LogP contribution in [-0.2, 0) is 11.3 Å². The lowest BCUT2D eigenvalue weighted by Crippen LogP contribution is -2.44. The van der Waals surface area contributed by atoms with Crippen LogP contribution in [0.25, 0.3) is 0 Å². The van der Waals surface area contributed by atoms with Gasteiger partial charge in [-0.1, -0.05) is 35.9 Å². The number of halogens is 2. The van der Waals surface area contributed by atoms with Gasteiger partial charge >= 0.3 is 0 Å². The van der Waals surface area contributed by atoms with Crippen molar-refractivity contribution in [1.29, 1.82) is 0 Å². The number of hydrogen-bond acceptors (Lipinski definition) is 4. The number of benzene rings is 2. The highest BCUT2D eigenvalue weighted by atomic mass is 127. The molecule has 1 atom stereocenters. The molecule has 6 nitrogen and oxygen atoms in total. The summed E-state index contributed by atoms with van der Waals surface area (Å²) in [6, 6.07) is 17.0. The van der Waals surface area contributed by atoms with Crippen LogP contribution in [0.1, 0.15) is 18.9 Å². The molecule has 2 saturated heterocycles. The Kier molecular flexibility index (Phi) is 9.74. The fourth-order valence-corrected chi connectivity index (χ4v) is 4.40. The number of morpholine rings is 1. The van der Waals surface area contributed by atoms with Crippen LogP contribution >= 0.6 is 35.6 Å². The second-order valence-electron chi connectivity index (χ2n) is 7.98. The van der Waals surface area contributed by atoms with E-state index in [0.717, 1.165) is 63.3 Å². The zero-order chi connectivity index (χ0) is 21.5. The van der Waals surface area contributed by atoms with Gasteiger partial charge in [0.1, 0.15) is 0 Å². The normalized spacial score (nSPS) is 18.9. The summed E-state index contributed by atoms with van der Waals surface area (Å²) in [5, 5.41) is 7.82. The van der Waals surface area contributed by atoms with Gasteiger partial charge in [-0.3, -0.25) is 0 Å². The summed E-state index contributed by atoms with van der Waals surface area (Å²) in [7, 11) is 0. The van der Waals surface area contributed by atoms with Crippen LogP contribution < -0.4 is 20.4 Å². The summed E-state index contributed by atoms with van der Waals surface area (Å²) >= 11 is 6.17. The Labute approximate surface area is 213 Å². The van der Waals surface area contributed by atoms with Gasteiger partial charge in [0.25, 0.3) is 0 Å². The van der Waals surface area contributed by atoms with Crippen LogP contribution in [0.3, 0.4) is 0 Å². The predicted molar refractivity (Wildman–Crippen MR) is 145 cm³/mol. The third-order valence-corrected chi connectivity index (χ3v) is 6.03. The van der Waals surface area contributed by atoms with E-state index in [9.17, 15) is 0 Å². The number of aliphatic imine (C=N–C) groups is 1. The van der Waals surface area contributed by atoms with E-state index in [4.69, 9.17) is 21.3 Å². The molecule has 0 aromatic heterocycles. The zero-order valence-corrected chi connectivity index (χ0v) is 21.7. The van der Waals surface area contributed by atoms with Crippen molar-refractivity contribution in [3.63, 3.8) is 0 Å². The molecule has 0 saturated carbocycles. The first kappa shape index (κ1) is 24.9. The molecule has 0 aliphatic carbocycles. The molecule has 2 aliphatic heterocycles. The summed E-state index contributed by atoms with van der Waals surface area (Å²) in [5.74, 6) is 0.872. The summed E-state index contributed by atoms with van der Waals surface area (Å²) in [6.07, 6.45) is 1.07. The average Bonchev–Trinajstić information content (AvgIpc) is 3.27. The van der Waals surface area contributed by atoms with Gasteiger partial charge in [0, 0.05) is 55.2 Å². The Morgan fingerprint density at radius 3 is 2.69 bits per heavy atom. The molecule has 4 rings (SSSR count). The quantitative estimate of drug-likeness (QED) is 0.311. The van der Waals surface area contributed by atoms with Crippen molar-refractivity contribution in [1.82, 2.24) is 10.6 Å². The lowest BCUT2D eigenvalue weighted by atomic mass is 10.1. The third-order valence-electron chi connectivity index (χ3n) is 5.80. The number of nitrogens with zero attached hydrogens (tertiary/aromatic N) is 3. The number of ether oxygens (including phenoxy) is 1. The molecule has 2 aromatic carbocycles. The molecule has 1 unspecified atom stereocenters. The van der Waals surface area contributed by atoms with Gasteiger partial charge in [-0.2, -0.15) is 0 Å². The smallest absolute Gasteiger partial charge is 0.191 e. The van der Waals surface area contributed by atoms with E-state index in [1.807, 2.05) is 18.2 Å². The van der Waals surface area contributed by atoms with E-state index in [1.165, 1.54) is 16.9 Å². The first-order chi connectivity index (χ1) is 15.2. The number of anilines is 2. The van der Waals surface area contributed by atoms with Crippen molar-refractivity contribution in [2.45, 2.75) is 25.9 Å². The Balaban J connectivity index is 0.00000289. The highest BCUT2D eigenvalue weighted by Gasteiger charge is 2.23. The lowest BCUT2D eigenvalue weighted by Gasteiger charge is -2.30. The molecule has 2 aliphatic rings. The third kappa shape index (κ3) is 6.65. The second-order valence-corrected chi connectivity index (χ2v) is 8.42. The number of guanidine groups is 1. The SMILES string of the molecule is CCNC(=NCc1ccccc1N1CCOCC1)NC1CCN(c2cccc(Cl)c2)C1.I. The summed E-state index contributed by atoms with van der Waals surface area (Å²) in [6.45, 7) is 8.97. The van der Waals surface area contributed by atoms with E-state index in [2.05, 4.69) is 57.7 Å². The molecule has 0 amide bonds. The molecule has 174 valence electrons. The van der Waals surface area contributed by atoms with E-state index in [-0.39, 0.29) is 24.0 Å². The minimum atomic E-state index is 0. The monoisotopic (exact) mass is 569 g/mol. The fourth-order valence-electron chi connectivity index (χ4n) is 4.22. The standard InChI is InChI=1S/C24H32ClN5O.HI/c1-2-26-24(28-21-10-11-30(18-21)22-8-5-7-20(25)16-22)27-17-19-6-3-4-9-23(19)29-12-14-31-15-13-29;/h3-9,16,21H,2,10-15,17-18H2,1H3,(H2,26,27,28);1H. The van der Waals surface area contributed by atoms with Crippen LogP contribution in [0, 0.1) is 0 Å². The van der Waals surface area contributed by atoms with Gasteiger partial charge in [-0.25, -0.2) is 4.99 Å². The van der Waals surface area contributed by atoms with Gasteiger partial charge in [0.15, 0.2) is 5.96 Å². The molecule has 0 spiro atoms. The molecule has 2 fully saturated rings. The average molecular weight is 570 g/mol. The number of rotatable bonds is 6. The summed E-state index contributed by atoms with van der Waals surface area (Å²) in [4.78, 5) is 9.68. The molecular formula is C24H33ClIN5O. The van der Waals surface area contributed by atoms with Gasteiger partial charge < -0.3 is 25.2 Å². The molecule has 0 radical (unpaired) electrons. The molecular weight excluding hydrogens is 537 g/mol. The van der Waals surface area contributed by atoms with E-state index in [1.54, 1.807) is 0 Å². The van der Waals surface area contributed by atoms with Gasteiger partial charge in [-0.15, -0.1) is 24.0 Å². The van der Waals surface area contributed by atoms with Crippen LogP contribution in [0.4, 0.5) is 11.4 Å². The Morgan fingerprint density at radius 2 is 1.91 bits per heavy atom. The van der Waals surface area contributed by atoms with Gasteiger partial charge in [0.05, 0.1) is 19.8 Å². The maximum Gasteiger partial charge on any atom is 0.191 e. The number of hydrogen-bond donors (Lipinski definition) is 2. The molecule has 0 bridgehead atoms. The fraction of sp³-hybridized carbons (Fsp3) is 0.458. The van der Waals surface area contributed by atoms with Crippen molar-refractivity contribution >= 4 is 52.9 Å². The first-order valence-corrected chi connectivity index (χ1v) is 11.6. The maximum atomic E-state index is 6.17. The van der Waals surface area contributed by atoms with Crippen LogP contribution in [0.5, 0.6) is 0 Å². The van der Waals surface area contributed by atoms with E-state index < -0.39 is 0 Å². The second kappa shape index (κ2) is 12.5. The highest BCUT2D eigenvalue weighted by Crippen LogP contribution is 2.24. The Morgan fingerprint density at radius 1 is 1.09 bits per heavy atom. The number of para-hydroxylation sites is 1. The molecule has 2 N–H and O–H groups in total. The van der Waals surface area contributed by atoms with Crippen LogP contribution in [0.15, 0.2) is 53.5 Å². The highest BCUT2D eigenvalue weighted by molar-refractivity contribution is 14.0. The summed E-state index contributed by atoms with van der Waals surface area (Å²) < 4.78 is 5.51. The minimum absolute atomic E-state index is 0. The largest absolute Gasteiger partial charge is 0.378 e. The maximum absolute atomic E-state index is 6.17. The van der Waals surface area contributed by atoms with Crippen LogP contribution in [0.2, 0.25) is 5.02 Å². The zero-order valence-electron chi connectivity index (χ0n) is 18.6. The van der Waals surface area contributed by atoms with Gasteiger partial charge in [-0.05, 0) is 43.2 Å². The molecule has 2 heterocycles. The predicted octanol–water partition coefficient (Wildman–Crippen LogP) is 4.13. The van der Waals surface area contributed by atoms with Crippen molar-refractivity contribution in [2.75, 3.05) is 55.7 Å². The Hall–Kier alpha value is -1.71. The van der Waals surface area contributed by atoms with Crippen molar-refractivity contribution < 1.29 is 4.74 Å². The molecule has 32 heavy (non-hydrogen) atoms. The molecule has 2 aromatic rings. The topological polar surface area (TPSA) is 52.1 Å². The lowest BCUT2D eigenvalue weighted by molar-refractivity contribution is 0.122. The number of nitrogens with one attached hydrogen (secondary N) is 2. The first-order valence-electron chi connectivity index (χ1n) is 11.2. The summed E-state index contributed by atoms with van der Waals surface area (Å²) in [5.41, 5.74) is 3.69. The van der Waals surface area contributed by atoms with Crippen molar-refractivity contribution in [2.24, 2.45) is 4.99 Å². The van der Waals surface area contributed by atoms with E-state index in [0.29, 0.717) is 12.6 Å². The van der Waals surface area contributed by atoms with Crippen molar-refractivity contribution in [3.8, 4) is 0 Å². The van der Waals surface area contributed by atoms with Crippen LogP contribution in [-0.4, -0.2) is 57.9 Å². The van der Waals surface area contributed by atoms with Gasteiger partial charge in [0.2, 0.25) is 0 Å². The van der Waals surface area contributed by atoms with Crippen molar-refractivity contribution in [3.05, 3.63) is 59.1 Å². The Bertz CT molecular complexity index is 890.